The molecule has 0 unspecified atom stereocenters. The summed E-state index contributed by atoms with van der Waals surface area (Å²) < 4.78 is 8.95. The quantitative estimate of drug-likeness (QED) is 0.195. The molecule has 0 bridgehead atoms. The minimum atomic E-state index is -0.379. The van der Waals surface area contributed by atoms with E-state index in [4.69, 9.17) is 4.42 Å². The first-order valence-electron chi connectivity index (χ1n) is 11.1. The molecule has 172 valence electrons. The van der Waals surface area contributed by atoms with Crippen LogP contribution in [0, 0.1) is 6.92 Å². The predicted molar refractivity (Wildman–Crippen MR) is 136 cm³/mol. The minimum Gasteiger partial charge on any atom is -0.423 e. The standard InChI is InChI=1S/C26H24N4O3S/c1-5-10-29-24(32)18-8-6-7-9-21(18)30-25(29)27-28-26(30)34-14-17-12-23(31)33-22-11-16(4)19(15(2)3)13-20(17)22/h5-9,11-13,15H,1,10,14H2,2-4H3. The molecule has 34 heavy (non-hydrogen) atoms. The highest BCUT2D eigenvalue weighted by Crippen LogP contribution is 2.31. The Morgan fingerprint density at radius 1 is 1.12 bits per heavy atom. The van der Waals surface area contributed by atoms with Gasteiger partial charge in [-0.25, -0.2) is 4.79 Å². The monoisotopic (exact) mass is 472 g/mol. The van der Waals surface area contributed by atoms with Gasteiger partial charge in [0, 0.05) is 23.8 Å². The van der Waals surface area contributed by atoms with Crippen molar-refractivity contribution >= 4 is 39.4 Å². The lowest BCUT2D eigenvalue weighted by atomic mass is 9.95. The van der Waals surface area contributed by atoms with Crippen LogP contribution in [0.5, 0.6) is 0 Å². The van der Waals surface area contributed by atoms with Crippen LogP contribution >= 0.6 is 11.8 Å². The zero-order valence-electron chi connectivity index (χ0n) is 19.2. The molecule has 7 nitrogen and oxygen atoms in total. The Kier molecular flexibility index (Phi) is 5.61. The van der Waals surface area contributed by atoms with Gasteiger partial charge in [0.25, 0.3) is 5.56 Å². The second-order valence-corrected chi connectivity index (χ2v) is 9.52. The third-order valence-electron chi connectivity index (χ3n) is 5.99. The topological polar surface area (TPSA) is 82.4 Å². The zero-order chi connectivity index (χ0) is 24.0. The summed E-state index contributed by atoms with van der Waals surface area (Å²) in [5, 5.41) is 10.8. The first-order chi connectivity index (χ1) is 16.4. The van der Waals surface area contributed by atoms with E-state index < -0.39 is 0 Å². The van der Waals surface area contributed by atoms with Crippen molar-refractivity contribution in [1.29, 1.82) is 0 Å². The van der Waals surface area contributed by atoms with E-state index in [1.807, 2.05) is 35.6 Å². The highest BCUT2D eigenvalue weighted by Gasteiger charge is 2.17. The number of rotatable bonds is 6. The number of aryl methyl sites for hydroxylation is 1. The summed E-state index contributed by atoms with van der Waals surface area (Å²) in [7, 11) is 0. The van der Waals surface area contributed by atoms with Gasteiger partial charge in [-0.15, -0.1) is 16.8 Å². The molecular weight excluding hydrogens is 448 g/mol. The van der Waals surface area contributed by atoms with Crippen molar-refractivity contribution in [3.63, 3.8) is 0 Å². The van der Waals surface area contributed by atoms with Crippen molar-refractivity contribution < 1.29 is 4.42 Å². The number of hydrogen-bond donors (Lipinski definition) is 0. The van der Waals surface area contributed by atoms with Gasteiger partial charge in [-0.3, -0.25) is 13.8 Å². The van der Waals surface area contributed by atoms with Gasteiger partial charge in [-0.2, -0.15) is 0 Å². The van der Waals surface area contributed by atoms with Gasteiger partial charge in [0.05, 0.1) is 10.9 Å². The van der Waals surface area contributed by atoms with Crippen LogP contribution in [0.15, 0.2) is 74.3 Å². The van der Waals surface area contributed by atoms with Crippen molar-refractivity contribution in [3.8, 4) is 0 Å². The summed E-state index contributed by atoms with van der Waals surface area (Å²) in [5.41, 5.74) is 4.02. The summed E-state index contributed by atoms with van der Waals surface area (Å²) in [5.74, 6) is 1.31. The maximum Gasteiger partial charge on any atom is 0.336 e. The number of para-hydroxylation sites is 1. The maximum atomic E-state index is 13.0. The van der Waals surface area contributed by atoms with Gasteiger partial charge in [-0.05, 0) is 53.8 Å². The molecule has 3 heterocycles. The number of allylic oxidation sites excluding steroid dienone is 1. The molecule has 0 aliphatic heterocycles. The smallest absolute Gasteiger partial charge is 0.336 e. The molecule has 0 atom stereocenters. The Balaban J connectivity index is 1.64. The number of nitrogens with zero attached hydrogens (tertiary/aromatic N) is 4. The highest BCUT2D eigenvalue weighted by atomic mass is 32.2. The largest absolute Gasteiger partial charge is 0.423 e. The molecule has 5 aromatic rings. The molecule has 8 heteroatoms. The first-order valence-corrected chi connectivity index (χ1v) is 12.0. The van der Waals surface area contributed by atoms with E-state index in [-0.39, 0.29) is 11.2 Å². The molecule has 3 aromatic heterocycles. The zero-order valence-corrected chi connectivity index (χ0v) is 20.1. The van der Waals surface area contributed by atoms with Crippen molar-refractivity contribution in [2.45, 2.75) is 44.1 Å². The van der Waals surface area contributed by atoms with Crippen LogP contribution in [0.2, 0.25) is 0 Å². The van der Waals surface area contributed by atoms with E-state index in [1.54, 1.807) is 22.8 Å². The lowest BCUT2D eigenvalue weighted by Crippen LogP contribution is -2.22. The van der Waals surface area contributed by atoms with Crippen molar-refractivity contribution in [2.75, 3.05) is 0 Å². The molecule has 0 saturated carbocycles. The lowest BCUT2D eigenvalue weighted by Gasteiger charge is -2.13. The van der Waals surface area contributed by atoms with E-state index >= 15 is 0 Å². The molecule has 5 rings (SSSR count). The lowest BCUT2D eigenvalue weighted by molar-refractivity contribution is 0.559. The van der Waals surface area contributed by atoms with E-state index in [9.17, 15) is 9.59 Å². The molecular formula is C26H24N4O3S. The molecule has 0 aliphatic rings. The van der Waals surface area contributed by atoms with Crippen LogP contribution in [0.25, 0.3) is 27.6 Å². The maximum absolute atomic E-state index is 13.0. The Morgan fingerprint density at radius 2 is 1.91 bits per heavy atom. The van der Waals surface area contributed by atoms with Gasteiger partial charge in [-0.1, -0.05) is 43.8 Å². The number of fused-ring (bicyclic) bond motifs is 4. The van der Waals surface area contributed by atoms with Gasteiger partial charge >= 0.3 is 5.63 Å². The predicted octanol–water partition coefficient (Wildman–Crippen LogP) is 5.06. The molecule has 0 N–H and O–H groups in total. The fraction of sp³-hybridized carbons (Fsp3) is 0.231. The van der Waals surface area contributed by atoms with Gasteiger partial charge in [0.2, 0.25) is 5.78 Å². The summed E-state index contributed by atoms with van der Waals surface area (Å²) in [4.78, 5) is 25.3. The number of aromatic nitrogens is 4. The van der Waals surface area contributed by atoms with Crippen molar-refractivity contribution in [2.24, 2.45) is 0 Å². The van der Waals surface area contributed by atoms with E-state index in [0.717, 1.165) is 22.0 Å². The summed E-state index contributed by atoms with van der Waals surface area (Å²) >= 11 is 1.47. The van der Waals surface area contributed by atoms with Crippen molar-refractivity contribution in [1.82, 2.24) is 19.2 Å². The van der Waals surface area contributed by atoms with E-state index in [2.05, 4.69) is 36.7 Å². The number of hydrogen-bond acceptors (Lipinski definition) is 6. The fourth-order valence-electron chi connectivity index (χ4n) is 4.40. The molecule has 0 aliphatic carbocycles. The van der Waals surface area contributed by atoms with Crippen LogP contribution in [-0.2, 0) is 12.3 Å². The van der Waals surface area contributed by atoms with Crippen LogP contribution in [0.3, 0.4) is 0 Å². The summed E-state index contributed by atoms with van der Waals surface area (Å²) in [6.07, 6.45) is 1.67. The van der Waals surface area contributed by atoms with Gasteiger partial charge in [0.1, 0.15) is 5.58 Å². The third kappa shape index (κ3) is 3.64. The molecule has 0 spiro atoms. The van der Waals surface area contributed by atoms with Crippen LogP contribution in [-0.4, -0.2) is 19.2 Å². The number of benzene rings is 2. The molecule has 0 saturated heterocycles. The second-order valence-electron chi connectivity index (χ2n) is 8.58. The fourth-order valence-corrected chi connectivity index (χ4v) is 5.33. The average molecular weight is 473 g/mol. The normalized spacial score (nSPS) is 11.8. The first kappa shape index (κ1) is 22.2. The Hall–Kier alpha value is -3.65. The Morgan fingerprint density at radius 3 is 2.68 bits per heavy atom. The highest BCUT2D eigenvalue weighted by molar-refractivity contribution is 7.98. The van der Waals surface area contributed by atoms with E-state index in [1.165, 1.54) is 17.3 Å². The van der Waals surface area contributed by atoms with E-state index in [0.29, 0.717) is 40.1 Å². The van der Waals surface area contributed by atoms with Crippen LogP contribution < -0.4 is 11.2 Å². The van der Waals surface area contributed by atoms with Crippen molar-refractivity contribution in [3.05, 3.63) is 92.6 Å². The Labute approximate surface area is 199 Å². The van der Waals surface area contributed by atoms with Crippen LogP contribution in [0.1, 0.15) is 36.5 Å². The average Bonchev–Trinajstić information content (AvgIpc) is 3.23. The number of thioether (sulfide) groups is 1. The SMILES string of the molecule is C=CCn1c(=O)c2ccccc2n2c(SCc3cc(=O)oc4cc(C)c(C(C)C)cc34)nnc12. The minimum absolute atomic E-state index is 0.129. The molecule has 2 aromatic carbocycles. The second kappa shape index (κ2) is 8.61. The third-order valence-corrected chi connectivity index (χ3v) is 6.96. The summed E-state index contributed by atoms with van der Waals surface area (Å²) in [6.45, 7) is 10.4. The Bertz CT molecular complexity index is 1690. The molecule has 0 amide bonds. The van der Waals surface area contributed by atoms with Crippen LogP contribution in [0.4, 0.5) is 0 Å². The molecule has 0 radical (unpaired) electrons. The van der Waals surface area contributed by atoms with Gasteiger partial charge in [0.15, 0.2) is 5.16 Å². The summed E-state index contributed by atoms with van der Waals surface area (Å²) in [6, 6.07) is 13.0. The van der Waals surface area contributed by atoms with Gasteiger partial charge < -0.3 is 4.42 Å². The molecule has 0 fully saturated rings.